The number of ether oxygens (including phenoxy) is 3. The normalized spacial score (nSPS) is 10.9. The third-order valence-corrected chi connectivity index (χ3v) is 5.88. The number of thiazole rings is 1. The summed E-state index contributed by atoms with van der Waals surface area (Å²) in [4.78, 5) is 22.2. The van der Waals surface area contributed by atoms with Crippen LogP contribution in [0.15, 0.2) is 42.7 Å². The van der Waals surface area contributed by atoms with Gasteiger partial charge in [-0.15, -0.1) is 11.3 Å². The van der Waals surface area contributed by atoms with Crippen LogP contribution < -0.4 is 9.47 Å². The lowest BCUT2D eigenvalue weighted by atomic mass is 10.2. The van der Waals surface area contributed by atoms with Gasteiger partial charge in [-0.3, -0.25) is 0 Å². The minimum Gasteiger partial charge on any atom is -0.493 e. The zero-order valence-corrected chi connectivity index (χ0v) is 17.9. The molecule has 8 heteroatoms. The Balaban J connectivity index is 1.52. The van der Waals surface area contributed by atoms with Crippen LogP contribution in [-0.2, 0) is 11.3 Å². The number of esters is 1. The number of hydrogen-bond acceptors (Lipinski definition) is 7. The third kappa shape index (κ3) is 3.73. The van der Waals surface area contributed by atoms with Gasteiger partial charge in [-0.05, 0) is 43.7 Å². The first kappa shape index (κ1) is 19.9. The van der Waals surface area contributed by atoms with Crippen molar-refractivity contribution < 1.29 is 19.0 Å². The van der Waals surface area contributed by atoms with E-state index in [2.05, 4.69) is 9.97 Å². The number of pyridine rings is 1. The summed E-state index contributed by atoms with van der Waals surface area (Å²) in [5.41, 5.74) is 4.08. The second-order valence-corrected chi connectivity index (χ2v) is 7.73. The van der Waals surface area contributed by atoms with Gasteiger partial charge in [-0.1, -0.05) is 6.07 Å². The molecule has 0 atom stereocenters. The fraction of sp³-hybridized carbons (Fsp3) is 0.227. The van der Waals surface area contributed by atoms with Gasteiger partial charge in [0.25, 0.3) is 0 Å². The van der Waals surface area contributed by atoms with E-state index in [1.54, 1.807) is 21.1 Å². The van der Waals surface area contributed by atoms with E-state index in [1.165, 1.54) is 11.3 Å². The van der Waals surface area contributed by atoms with Crippen molar-refractivity contribution in [2.24, 2.45) is 0 Å². The summed E-state index contributed by atoms with van der Waals surface area (Å²) in [5.74, 6) is 0.830. The zero-order chi connectivity index (χ0) is 21.3. The molecule has 0 aliphatic rings. The highest BCUT2D eigenvalue weighted by molar-refractivity contribution is 7.17. The molecule has 0 radical (unpaired) electrons. The lowest BCUT2D eigenvalue weighted by molar-refractivity contribution is 0.0473. The summed E-state index contributed by atoms with van der Waals surface area (Å²) in [7, 11) is 3.17. The van der Waals surface area contributed by atoms with Gasteiger partial charge in [-0.2, -0.15) is 0 Å². The van der Waals surface area contributed by atoms with Crippen LogP contribution in [0.5, 0.6) is 11.5 Å². The maximum atomic E-state index is 12.7. The van der Waals surface area contributed by atoms with Crippen molar-refractivity contribution in [2.75, 3.05) is 14.2 Å². The van der Waals surface area contributed by atoms with Crippen LogP contribution >= 0.6 is 11.3 Å². The Morgan fingerprint density at radius 2 is 1.90 bits per heavy atom. The van der Waals surface area contributed by atoms with E-state index in [0.29, 0.717) is 32.8 Å². The van der Waals surface area contributed by atoms with Crippen LogP contribution in [0.2, 0.25) is 0 Å². The number of benzene rings is 1. The van der Waals surface area contributed by atoms with Crippen LogP contribution in [0.3, 0.4) is 0 Å². The first-order chi connectivity index (χ1) is 14.5. The second kappa shape index (κ2) is 8.16. The predicted molar refractivity (Wildman–Crippen MR) is 114 cm³/mol. The van der Waals surface area contributed by atoms with Gasteiger partial charge in [0.2, 0.25) is 0 Å². The molecule has 3 aromatic heterocycles. The minimum absolute atomic E-state index is 0.100. The number of nitrogens with zero attached hydrogens (tertiary/aromatic N) is 3. The first-order valence-electron chi connectivity index (χ1n) is 9.30. The average molecular weight is 423 g/mol. The van der Waals surface area contributed by atoms with Gasteiger partial charge >= 0.3 is 5.97 Å². The van der Waals surface area contributed by atoms with Crippen LogP contribution in [0, 0.1) is 13.8 Å². The molecule has 1 aromatic carbocycles. The van der Waals surface area contributed by atoms with E-state index in [9.17, 15) is 4.79 Å². The molecule has 0 amide bonds. The minimum atomic E-state index is -0.412. The number of aryl methyl sites for hydroxylation is 2. The topological polar surface area (TPSA) is 75.0 Å². The molecular weight excluding hydrogens is 402 g/mol. The van der Waals surface area contributed by atoms with Gasteiger partial charge in [0, 0.05) is 18.0 Å². The summed E-state index contributed by atoms with van der Waals surface area (Å²) in [6.45, 7) is 3.89. The van der Waals surface area contributed by atoms with E-state index in [4.69, 9.17) is 14.2 Å². The second-order valence-electron chi connectivity index (χ2n) is 6.73. The lowest BCUT2D eigenvalue weighted by Crippen LogP contribution is -2.05. The molecular formula is C22H21N3O4S. The summed E-state index contributed by atoms with van der Waals surface area (Å²) in [6, 6.07) is 9.48. The van der Waals surface area contributed by atoms with Crippen molar-refractivity contribution in [1.82, 2.24) is 14.4 Å². The number of fused-ring (bicyclic) bond motifs is 1. The summed E-state index contributed by atoms with van der Waals surface area (Å²) < 4.78 is 18.1. The Hall–Kier alpha value is -3.39. The molecule has 4 rings (SSSR count). The van der Waals surface area contributed by atoms with E-state index >= 15 is 0 Å². The van der Waals surface area contributed by atoms with Crippen LogP contribution in [0.1, 0.15) is 26.6 Å². The maximum Gasteiger partial charge on any atom is 0.350 e. The van der Waals surface area contributed by atoms with Gasteiger partial charge in [0.15, 0.2) is 11.5 Å². The van der Waals surface area contributed by atoms with Crippen LogP contribution in [0.25, 0.3) is 16.2 Å². The molecule has 154 valence electrons. The summed E-state index contributed by atoms with van der Waals surface area (Å²) >= 11 is 1.29. The van der Waals surface area contributed by atoms with E-state index in [-0.39, 0.29) is 6.61 Å². The van der Waals surface area contributed by atoms with Crippen molar-refractivity contribution in [1.29, 1.82) is 0 Å². The molecule has 30 heavy (non-hydrogen) atoms. The molecule has 0 saturated carbocycles. The van der Waals surface area contributed by atoms with Crippen molar-refractivity contribution in [3.8, 4) is 22.1 Å². The zero-order valence-electron chi connectivity index (χ0n) is 17.1. The Labute approximate surface area is 177 Å². The molecule has 0 bridgehead atoms. The number of aromatic nitrogens is 3. The molecule has 0 spiro atoms. The van der Waals surface area contributed by atoms with Gasteiger partial charge in [0.05, 0.1) is 25.6 Å². The number of carbonyl (C=O) groups excluding carboxylic acids is 1. The number of methoxy groups -OCH3 is 2. The average Bonchev–Trinajstić information content (AvgIpc) is 3.35. The molecule has 7 nitrogen and oxygen atoms in total. The van der Waals surface area contributed by atoms with E-state index < -0.39 is 5.97 Å². The summed E-state index contributed by atoms with van der Waals surface area (Å²) in [6.07, 6.45) is 3.79. The van der Waals surface area contributed by atoms with Crippen molar-refractivity contribution in [3.63, 3.8) is 0 Å². The molecule has 0 N–H and O–H groups in total. The van der Waals surface area contributed by atoms with E-state index in [0.717, 1.165) is 16.8 Å². The van der Waals surface area contributed by atoms with Crippen LogP contribution in [-0.4, -0.2) is 34.6 Å². The van der Waals surface area contributed by atoms with Gasteiger partial charge in [0.1, 0.15) is 22.1 Å². The number of hydrogen-bond donors (Lipinski definition) is 0. The number of carbonyl (C=O) groups is 1. The summed E-state index contributed by atoms with van der Waals surface area (Å²) in [5, 5.41) is 0.712. The Morgan fingerprint density at radius 3 is 2.63 bits per heavy atom. The van der Waals surface area contributed by atoms with Crippen molar-refractivity contribution in [2.45, 2.75) is 20.5 Å². The highest BCUT2D eigenvalue weighted by Gasteiger charge is 2.19. The smallest absolute Gasteiger partial charge is 0.350 e. The Kier molecular flexibility index (Phi) is 5.41. The standard InChI is InChI=1S/C22H21N3O4S/c1-13-6-5-9-25-11-16(24-20(13)25)12-29-22(26)19-14(2)23-21(30-19)15-7-8-17(27-3)18(10-15)28-4/h5-11H,12H2,1-4H3. The van der Waals surface area contributed by atoms with Crippen LogP contribution in [0.4, 0.5) is 0 Å². The highest BCUT2D eigenvalue weighted by atomic mass is 32.1. The van der Waals surface area contributed by atoms with Crippen molar-refractivity contribution >= 4 is 23.0 Å². The van der Waals surface area contributed by atoms with Gasteiger partial charge in [-0.25, -0.2) is 14.8 Å². The SMILES string of the molecule is COc1ccc(-c2nc(C)c(C(=O)OCc3cn4cccc(C)c4n3)s2)cc1OC. The fourth-order valence-corrected chi connectivity index (χ4v) is 4.11. The molecule has 0 saturated heterocycles. The largest absolute Gasteiger partial charge is 0.493 e. The van der Waals surface area contributed by atoms with Gasteiger partial charge < -0.3 is 18.6 Å². The van der Waals surface area contributed by atoms with Crippen molar-refractivity contribution in [3.05, 3.63) is 64.6 Å². The molecule has 0 aliphatic carbocycles. The third-order valence-electron chi connectivity index (χ3n) is 4.69. The molecule has 0 unspecified atom stereocenters. The fourth-order valence-electron chi connectivity index (χ4n) is 3.16. The Bertz CT molecular complexity index is 1230. The molecule has 0 fully saturated rings. The molecule has 4 aromatic rings. The monoisotopic (exact) mass is 423 g/mol. The maximum absolute atomic E-state index is 12.7. The number of rotatable bonds is 6. The molecule has 3 heterocycles. The highest BCUT2D eigenvalue weighted by Crippen LogP contribution is 2.35. The first-order valence-corrected chi connectivity index (χ1v) is 10.1. The lowest BCUT2D eigenvalue weighted by Gasteiger charge is -2.08. The predicted octanol–water partition coefficient (Wildman–Crippen LogP) is 4.45. The Morgan fingerprint density at radius 1 is 1.10 bits per heavy atom. The quantitative estimate of drug-likeness (QED) is 0.427. The number of imidazole rings is 1. The molecule has 0 aliphatic heterocycles. The van der Waals surface area contributed by atoms with E-state index in [1.807, 2.05) is 54.0 Å².